The molecule has 3 amide bonds. The molecule has 40 heavy (non-hydrogen) atoms. The van der Waals surface area contributed by atoms with Gasteiger partial charge in [-0.2, -0.15) is 0 Å². The Morgan fingerprint density at radius 3 is 2.48 bits per heavy atom. The number of piperidine rings is 1. The van der Waals surface area contributed by atoms with Crippen LogP contribution < -0.4 is 15.1 Å². The second-order valence-corrected chi connectivity index (χ2v) is 10.2. The summed E-state index contributed by atoms with van der Waals surface area (Å²) in [5, 5.41) is 2.74. The summed E-state index contributed by atoms with van der Waals surface area (Å²) >= 11 is 6.50. The molecule has 208 valence electrons. The zero-order valence-corrected chi connectivity index (χ0v) is 21.9. The van der Waals surface area contributed by atoms with E-state index in [0.717, 1.165) is 11.0 Å². The van der Waals surface area contributed by atoms with Gasteiger partial charge < -0.3 is 5.32 Å². The normalized spacial score (nSPS) is 19.4. The number of benzene rings is 2. The third kappa shape index (κ3) is 5.65. The van der Waals surface area contributed by atoms with Crippen molar-refractivity contribution in [3.8, 4) is 0 Å². The van der Waals surface area contributed by atoms with Crippen molar-refractivity contribution >= 4 is 41.0 Å². The number of carbonyl (C=O) groups is 3. The first kappa shape index (κ1) is 27.6. The monoisotopic (exact) mass is 571 g/mol. The molecule has 2 heterocycles. The zero-order valence-electron chi connectivity index (χ0n) is 21.1. The van der Waals surface area contributed by atoms with Gasteiger partial charge in [-0.3, -0.25) is 24.2 Å². The molecule has 1 aliphatic heterocycles. The van der Waals surface area contributed by atoms with Crippen molar-refractivity contribution in [3.63, 3.8) is 0 Å². The number of nitrogens with one attached hydrogen (secondary N) is 1. The lowest BCUT2D eigenvalue weighted by atomic mass is 9.87. The minimum atomic E-state index is -2.89. The number of hydrogen-bond donors (Lipinski definition) is 1. The predicted molar refractivity (Wildman–Crippen MR) is 141 cm³/mol. The van der Waals surface area contributed by atoms with Crippen molar-refractivity contribution < 1.29 is 27.6 Å². The van der Waals surface area contributed by atoms with Crippen molar-refractivity contribution in [2.45, 2.75) is 56.2 Å². The minimum absolute atomic E-state index is 0.0141. The molecular formula is C28H25ClF3N5O3. The molecule has 2 aromatic carbocycles. The van der Waals surface area contributed by atoms with E-state index < -0.39 is 54.5 Å². The summed E-state index contributed by atoms with van der Waals surface area (Å²) in [6, 6.07) is 9.55. The topological polar surface area (TPSA) is 95.5 Å². The molecular weight excluding hydrogens is 547 g/mol. The number of alkyl halides is 2. The standard InChI is InChI=1S/C28H25ClF3N5O3/c29-21-9-2-1-8-20(21)24(25(39)35-18-15-28(31,32)16-18)36(19-7-3-6-17(30)14-19)26(40)22-10-4-11-23(38)37(22)27-33-12-5-13-34-27/h1-3,5-9,12-14,18,22,24H,4,10-11,15-16H2,(H,35,39). The number of hydrogen-bond acceptors (Lipinski definition) is 5. The van der Waals surface area contributed by atoms with Gasteiger partial charge in [0.2, 0.25) is 17.8 Å². The molecule has 0 spiro atoms. The summed E-state index contributed by atoms with van der Waals surface area (Å²) in [6.07, 6.45) is 2.55. The largest absolute Gasteiger partial charge is 0.351 e. The molecule has 1 aromatic heterocycles. The van der Waals surface area contributed by atoms with Gasteiger partial charge in [0.1, 0.15) is 17.9 Å². The maximum atomic E-state index is 14.5. The van der Waals surface area contributed by atoms with Crippen LogP contribution >= 0.6 is 11.6 Å². The van der Waals surface area contributed by atoms with E-state index >= 15 is 0 Å². The first-order valence-electron chi connectivity index (χ1n) is 12.7. The van der Waals surface area contributed by atoms with Gasteiger partial charge in [0.05, 0.1) is 0 Å². The molecule has 3 aromatic rings. The fourth-order valence-electron chi connectivity index (χ4n) is 5.10. The molecule has 0 radical (unpaired) electrons. The molecule has 8 nitrogen and oxygen atoms in total. The van der Waals surface area contributed by atoms with Crippen LogP contribution in [-0.2, 0) is 14.4 Å². The quantitative estimate of drug-likeness (QED) is 0.438. The van der Waals surface area contributed by atoms with E-state index in [1.54, 1.807) is 18.2 Å². The number of halogens is 4. The maximum absolute atomic E-state index is 14.5. The van der Waals surface area contributed by atoms with Gasteiger partial charge in [-0.05, 0) is 43.2 Å². The highest BCUT2D eigenvalue weighted by molar-refractivity contribution is 6.31. The number of aromatic nitrogens is 2. The van der Waals surface area contributed by atoms with Gasteiger partial charge >= 0.3 is 0 Å². The van der Waals surface area contributed by atoms with E-state index in [1.165, 1.54) is 47.6 Å². The molecule has 1 N–H and O–H groups in total. The molecule has 1 saturated heterocycles. The van der Waals surface area contributed by atoms with E-state index in [2.05, 4.69) is 15.3 Å². The third-order valence-electron chi connectivity index (χ3n) is 6.97. The highest BCUT2D eigenvalue weighted by Gasteiger charge is 2.48. The van der Waals surface area contributed by atoms with Gasteiger partial charge in [0.25, 0.3) is 11.8 Å². The molecule has 2 fully saturated rings. The first-order valence-corrected chi connectivity index (χ1v) is 13.1. The third-order valence-corrected chi connectivity index (χ3v) is 7.31. The lowest BCUT2D eigenvalue weighted by Crippen LogP contribution is -2.58. The van der Waals surface area contributed by atoms with Crippen molar-refractivity contribution in [2.24, 2.45) is 0 Å². The van der Waals surface area contributed by atoms with Crippen LogP contribution in [0.15, 0.2) is 67.0 Å². The van der Waals surface area contributed by atoms with E-state index in [9.17, 15) is 27.6 Å². The van der Waals surface area contributed by atoms with Crippen LogP contribution in [0.5, 0.6) is 0 Å². The van der Waals surface area contributed by atoms with E-state index in [1.807, 2.05) is 0 Å². The Balaban J connectivity index is 1.61. The van der Waals surface area contributed by atoms with Crippen LogP contribution in [0.2, 0.25) is 5.02 Å². The number of amides is 3. The summed E-state index contributed by atoms with van der Waals surface area (Å²) in [6.45, 7) is 0. The fraction of sp³-hybridized carbons (Fsp3) is 0.321. The molecule has 1 aliphatic carbocycles. The Kier molecular flexibility index (Phi) is 7.75. The molecule has 2 aliphatic rings. The average Bonchev–Trinajstić information content (AvgIpc) is 2.91. The van der Waals surface area contributed by atoms with Crippen LogP contribution in [0.1, 0.15) is 43.7 Å². The first-order chi connectivity index (χ1) is 19.1. The minimum Gasteiger partial charge on any atom is -0.351 e. The molecule has 12 heteroatoms. The van der Waals surface area contributed by atoms with Crippen molar-refractivity contribution in [1.82, 2.24) is 15.3 Å². The number of rotatable bonds is 7. The molecule has 0 bridgehead atoms. The maximum Gasteiger partial charge on any atom is 0.252 e. The van der Waals surface area contributed by atoms with Crippen LogP contribution in [0.4, 0.5) is 24.8 Å². The Morgan fingerprint density at radius 1 is 1.07 bits per heavy atom. The lowest BCUT2D eigenvalue weighted by molar-refractivity contribution is -0.133. The Morgan fingerprint density at radius 2 is 1.80 bits per heavy atom. The zero-order chi connectivity index (χ0) is 28.4. The lowest BCUT2D eigenvalue weighted by Gasteiger charge is -2.41. The van der Waals surface area contributed by atoms with Gasteiger partial charge in [0, 0.05) is 54.0 Å². The molecule has 5 rings (SSSR count). The Bertz CT molecular complexity index is 1420. The Labute approximate surface area is 233 Å². The summed E-state index contributed by atoms with van der Waals surface area (Å²) in [5.41, 5.74) is 0.228. The van der Waals surface area contributed by atoms with Gasteiger partial charge in [-0.25, -0.2) is 23.1 Å². The summed E-state index contributed by atoms with van der Waals surface area (Å²) in [5.74, 6) is -5.41. The number of nitrogens with zero attached hydrogens (tertiary/aromatic N) is 4. The smallest absolute Gasteiger partial charge is 0.252 e. The van der Waals surface area contributed by atoms with Crippen LogP contribution in [-0.4, -0.2) is 45.7 Å². The number of carbonyl (C=O) groups excluding carboxylic acids is 3. The van der Waals surface area contributed by atoms with Crippen LogP contribution in [0, 0.1) is 5.82 Å². The predicted octanol–water partition coefficient (Wildman–Crippen LogP) is 4.84. The van der Waals surface area contributed by atoms with Gasteiger partial charge in [-0.15, -0.1) is 0 Å². The molecule has 2 unspecified atom stereocenters. The van der Waals surface area contributed by atoms with Crippen LogP contribution in [0.3, 0.4) is 0 Å². The van der Waals surface area contributed by atoms with Gasteiger partial charge in [-0.1, -0.05) is 35.9 Å². The van der Waals surface area contributed by atoms with Crippen molar-refractivity contribution in [2.75, 3.05) is 9.80 Å². The highest BCUT2D eigenvalue weighted by Crippen LogP contribution is 2.39. The summed E-state index contributed by atoms with van der Waals surface area (Å²) in [7, 11) is 0. The average molecular weight is 572 g/mol. The van der Waals surface area contributed by atoms with Crippen LogP contribution in [0.25, 0.3) is 0 Å². The molecule has 2 atom stereocenters. The number of anilines is 2. The second-order valence-electron chi connectivity index (χ2n) is 9.80. The highest BCUT2D eigenvalue weighted by atomic mass is 35.5. The van der Waals surface area contributed by atoms with E-state index in [-0.39, 0.29) is 41.0 Å². The van der Waals surface area contributed by atoms with Crippen molar-refractivity contribution in [1.29, 1.82) is 0 Å². The Hall–Kier alpha value is -3.99. The van der Waals surface area contributed by atoms with Crippen molar-refractivity contribution in [3.05, 3.63) is 83.4 Å². The second kappa shape index (κ2) is 11.2. The van der Waals surface area contributed by atoms with E-state index in [4.69, 9.17) is 11.6 Å². The fourth-order valence-corrected chi connectivity index (χ4v) is 5.34. The summed E-state index contributed by atoms with van der Waals surface area (Å²) in [4.78, 5) is 51.9. The molecule has 1 saturated carbocycles. The SMILES string of the molecule is O=C(NC1CC(F)(F)C1)C(c1ccccc1Cl)N(C(=O)C1CCCC(=O)N1c1ncccn1)c1cccc(F)c1. The van der Waals surface area contributed by atoms with Gasteiger partial charge in [0.15, 0.2) is 0 Å². The van der Waals surface area contributed by atoms with E-state index in [0.29, 0.717) is 6.42 Å². The summed E-state index contributed by atoms with van der Waals surface area (Å²) < 4.78 is 41.7.